The topological polar surface area (TPSA) is 51.6 Å². The van der Waals surface area contributed by atoms with E-state index in [9.17, 15) is 0 Å². The van der Waals surface area contributed by atoms with Gasteiger partial charge in [-0.05, 0) is 26.1 Å². The third kappa shape index (κ3) is 4.50. The molecule has 98 valence electrons. The van der Waals surface area contributed by atoms with E-state index in [1.807, 2.05) is 13.0 Å². The summed E-state index contributed by atoms with van der Waals surface area (Å²) in [5.41, 5.74) is 6.62. The Morgan fingerprint density at radius 1 is 1.35 bits per heavy atom. The van der Waals surface area contributed by atoms with Gasteiger partial charge in [-0.1, -0.05) is 13.8 Å². The molecule has 1 aromatic heterocycles. The summed E-state index contributed by atoms with van der Waals surface area (Å²) in [6, 6.07) is 1.98. The molecule has 0 bridgehead atoms. The average Bonchev–Trinajstić information content (AvgIpc) is 2.70. The molecule has 4 nitrogen and oxygen atoms in total. The Hall–Kier alpha value is -0.840. The fourth-order valence-corrected chi connectivity index (χ4v) is 1.75. The van der Waals surface area contributed by atoms with Crippen LogP contribution in [-0.4, -0.2) is 31.1 Å². The van der Waals surface area contributed by atoms with Crippen molar-refractivity contribution in [2.45, 2.75) is 33.9 Å². The lowest BCUT2D eigenvalue weighted by molar-refractivity contribution is 0.0949. The molecule has 0 spiro atoms. The van der Waals surface area contributed by atoms with Crippen LogP contribution in [0.2, 0.25) is 0 Å². The summed E-state index contributed by atoms with van der Waals surface area (Å²) in [6.07, 6.45) is 0. The fraction of sp³-hybridized carbons (Fsp3) is 0.692. The minimum Gasteiger partial charge on any atom is -0.465 e. The van der Waals surface area contributed by atoms with Gasteiger partial charge in [-0.15, -0.1) is 0 Å². The third-order valence-corrected chi connectivity index (χ3v) is 2.98. The van der Waals surface area contributed by atoms with E-state index >= 15 is 0 Å². The van der Waals surface area contributed by atoms with Crippen LogP contribution in [0.1, 0.15) is 30.9 Å². The van der Waals surface area contributed by atoms with Crippen LogP contribution < -0.4 is 5.73 Å². The predicted molar refractivity (Wildman–Crippen MR) is 68.8 cm³/mol. The first-order chi connectivity index (χ1) is 8.21. The van der Waals surface area contributed by atoms with E-state index < -0.39 is 0 Å². The van der Waals surface area contributed by atoms with Gasteiger partial charge in [-0.3, -0.25) is 0 Å². The van der Waals surface area contributed by atoms with E-state index in [2.05, 4.69) is 18.7 Å². The van der Waals surface area contributed by atoms with Crippen LogP contribution in [0, 0.1) is 6.92 Å². The van der Waals surface area contributed by atoms with Crippen molar-refractivity contribution in [3.63, 3.8) is 0 Å². The molecule has 4 heteroatoms. The monoisotopic (exact) mass is 240 g/mol. The van der Waals surface area contributed by atoms with Gasteiger partial charge in [0.2, 0.25) is 0 Å². The summed E-state index contributed by atoms with van der Waals surface area (Å²) in [4.78, 5) is 2.34. The largest absolute Gasteiger partial charge is 0.465 e. The SMILES string of the molecule is CCN(CC)CCOCc1cc(CN)oc1C. The van der Waals surface area contributed by atoms with E-state index in [0.717, 1.165) is 43.3 Å². The Balaban J connectivity index is 2.28. The zero-order chi connectivity index (χ0) is 12.7. The first-order valence-corrected chi connectivity index (χ1v) is 6.29. The normalized spacial score (nSPS) is 11.4. The molecule has 1 heterocycles. The summed E-state index contributed by atoms with van der Waals surface area (Å²) in [5.74, 6) is 1.73. The van der Waals surface area contributed by atoms with Crippen molar-refractivity contribution in [3.05, 3.63) is 23.2 Å². The van der Waals surface area contributed by atoms with E-state index in [1.54, 1.807) is 0 Å². The van der Waals surface area contributed by atoms with Gasteiger partial charge in [0.15, 0.2) is 0 Å². The number of rotatable bonds is 8. The molecule has 0 atom stereocenters. The number of ether oxygens (including phenoxy) is 1. The van der Waals surface area contributed by atoms with Gasteiger partial charge < -0.3 is 19.8 Å². The molecule has 1 rings (SSSR count). The molecule has 0 aliphatic heterocycles. The minimum atomic E-state index is 0.445. The lowest BCUT2D eigenvalue weighted by Gasteiger charge is -2.17. The summed E-state index contributed by atoms with van der Waals surface area (Å²) in [7, 11) is 0. The van der Waals surface area contributed by atoms with Crippen LogP contribution in [0.15, 0.2) is 10.5 Å². The Morgan fingerprint density at radius 2 is 2.06 bits per heavy atom. The van der Waals surface area contributed by atoms with Crippen LogP contribution in [0.25, 0.3) is 0 Å². The van der Waals surface area contributed by atoms with Gasteiger partial charge in [-0.2, -0.15) is 0 Å². The molecule has 0 aliphatic carbocycles. The highest BCUT2D eigenvalue weighted by Crippen LogP contribution is 2.14. The molecular formula is C13H24N2O2. The maximum absolute atomic E-state index is 5.65. The summed E-state index contributed by atoms with van der Waals surface area (Å²) in [6.45, 7) is 11.2. The Bertz CT molecular complexity index is 319. The van der Waals surface area contributed by atoms with Crippen LogP contribution in [0.5, 0.6) is 0 Å². The lowest BCUT2D eigenvalue weighted by Crippen LogP contribution is -2.26. The van der Waals surface area contributed by atoms with Crippen molar-refractivity contribution >= 4 is 0 Å². The van der Waals surface area contributed by atoms with Gasteiger partial charge in [0.1, 0.15) is 11.5 Å². The first kappa shape index (κ1) is 14.2. The molecule has 17 heavy (non-hydrogen) atoms. The van der Waals surface area contributed by atoms with Crippen molar-refractivity contribution in [3.8, 4) is 0 Å². The van der Waals surface area contributed by atoms with Crippen molar-refractivity contribution < 1.29 is 9.15 Å². The molecule has 1 aromatic rings. The van der Waals surface area contributed by atoms with E-state index in [0.29, 0.717) is 13.2 Å². The summed E-state index contributed by atoms with van der Waals surface area (Å²) >= 11 is 0. The number of nitrogens with zero attached hydrogens (tertiary/aromatic N) is 1. The van der Waals surface area contributed by atoms with Crippen molar-refractivity contribution in [1.29, 1.82) is 0 Å². The molecule has 0 radical (unpaired) electrons. The fourth-order valence-electron chi connectivity index (χ4n) is 1.75. The van der Waals surface area contributed by atoms with Gasteiger partial charge in [0, 0.05) is 12.1 Å². The number of furan rings is 1. The molecule has 0 fully saturated rings. The van der Waals surface area contributed by atoms with Gasteiger partial charge in [0.05, 0.1) is 19.8 Å². The second-order valence-corrected chi connectivity index (χ2v) is 4.08. The zero-order valence-corrected chi connectivity index (χ0v) is 11.2. The molecule has 0 amide bonds. The second kappa shape index (κ2) is 7.48. The molecule has 0 aliphatic rings. The number of likely N-dealkylation sites (N-methyl/N-ethyl adjacent to an activating group) is 1. The van der Waals surface area contributed by atoms with Gasteiger partial charge >= 0.3 is 0 Å². The number of hydrogen-bond donors (Lipinski definition) is 1. The predicted octanol–water partition coefficient (Wildman–Crippen LogP) is 1.91. The van der Waals surface area contributed by atoms with Gasteiger partial charge in [0.25, 0.3) is 0 Å². The Kier molecular flexibility index (Phi) is 6.26. The van der Waals surface area contributed by atoms with Crippen molar-refractivity contribution in [2.24, 2.45) is 5.73 Å². The smallest absolute Gasteiger partial charge is 0.118 e. The maximum Gasteiger partial charge on any atom is 0.118 e. The zero-order valence-electron chi connectivity index (χ0n) is 11.2. The van der Waals surface area contributed by atoms with Crippen molar-refractivity contribution in [2.75, 3.05) is 26.2 Å². The highest BCUT2D eigenvalue weighted by molar-refractivity contribution is 5.19. The molecule has 0 saturated heterocycles. The van der Waals surface area contributed by atoms with E-state index in [1.165, 1.54) is 0 Å². The highest BCUT2D eigenvalue weighted by atomic mass is 16.5. The first-order valence-electron chi connectivity index (χ1n) is 6.29. The third-order valence-electron chi connectivity index (χ3n) is 2.98. The Morgan fingerprint density at radius 3 is 2.59 bits per heavy atom. The number of aryl methyl sites for hydroxylation is 1. The van der Waals surface area contributed by atoms with E-state index in [4.69, 9.17) is 14.9 Å². The van der Waals surface area contributed by atoms with Crippen LogP contribution >= 0.6 is 0 Å². The molecule has 0 saturated carbocycles. The quantitative estimate of drug-likeness (QED) is 0.705. The number of hydrogen-bond acceptors (Lipinski definition) is 4. The highest BCUT2D eigenvalue weighted by Gasteiger charge is 2.06. The molecule has 0 aromatic carbocycles. The second-order valence-electron chi connectivity index (χ2n) is 4.08. The standard InChI is InChI=1S/C13H24N2O2/c1-4-15(5-2)6-7-16-10-12-8-13(9-14)17-11(12)3/h8H,4-7,9-10,14H2,1-3H3. The average molecular weight is 240 g/mol. The van der Waals surface area contributed by atoms with Crippen LogP contribution in [0.4, 0.5) is 0 Å². The Labute approximate surface area is 104 Å². The molecule has 0 unspecified atom stereocenters. The number of nitrogens with two attached hydrogens (primary N) is 1. The molecular weight excluding hydrogens is 216 g/mol. The van der Waals surface area contributed by atoms with Crippen LogP contribution in [-0.2, 0) is 17.9 Å². The van der Waals surface area contributed by atoms with Crippen LogP contribution in [0.3, 0.4) is 0 Å². The van der Waals surface area contributed by atoms with E-state index in [-0.39, 0.29) is 0 Å². The molecule has 2 N–H and O–H groups in total. The minimum absolute atomic E-state index is 0.445. The van der Waals surface area contributed by atoms with Gasteiger partial charge in [-0.25, -0.2) is 0 Å². The van der Waals surface area contributed by atoms with Crippen molar-refractivity contribution in [1.82, 2.24) is 4.90 Å². The lowest BCUT2D eigenvalue weighted by atomic mass is 10.2. The maximum atomic E-state index is 5.65. The summed E-state index contributed by atoms with van der Waals surface area (Å²) < 4.78 is 11.1. The summed E-state index contributed by atoms with van der Waals surface area (Å²) in [5, 5.41) is 0.